The van der Waals surface area contributed by atoms with Crippen LogP contribution in [-0.4, -0.2) is 20.8 Å². The van der Waals surface area contributed by atoms with Crippen LogP contribution in [0.2, 0.25) is 0 Å². The molecular formula is C27H42O2Si. The van der Waals surface area contributed by atoms with Gasteiger partial charge in [-0.2, -0.15) is 0 Å². The summed E-state index contributed by atoms with van der Waals surface area (Å²) in [6.07, 6.45) is 11.8. The van der Waals surface area contributed by atoms with Crippen molar-refractivity contribution in [2.75, 3.05) is 6.61 Å². The molecule has 0 spiro atoms. The molecule has 0 atom stereocenters. The maximum absolute atomic E-state index is 6.80. The zero-order chi connectivity index (χ0) is 21.7. The molecular weight excluding hydrogens is 384 g/mol. The highest BCUT2D eigenvalue weighted by atomic mass is 28.4. The Morgan fingerprint density at radius 3 is 1.50 bits per heavy atom. The Kier molecular flexibility index (Phi) is 10.8. The van der Waals surface area contributed by atoms with Crippen molar-refractivity contribution in [3.63, 3.8) is 0 Å². The van der Waals surface area contributed by atoms with Gasteiger partial charge in [0.05, 0.1) is 5.60 Å². The van der Waals surface area contributed by atoms with Crippen LogP contribution in [0.3, 0.4) is 0 Å². The van der Waals surface area contributed by atoms with Gasteiger partial charge in [-0.05, 0) is 37.6 Å². The van der Waals surface area contributed by atoms with Gasteiger partial charge in [0, 0.05) is 6.61 Å². The maximum atomic E-state index is 6.80. The van der Waals surface area contributed by atoms with Crippen molar-refractivity contribution in [2.45, 2.75) is 91.1 Å². The van der Waals surface area contributed by atoms with Crippen LogP contribution in [0.15, 0.2) is 60.7 Å². The Hall–Kier alpha value is -1.42. The van der Waals surface area contributed by atoms with E-state index in [9.17, 15) is 0 Å². The second kappa shape index (κ2) is 13.1. The first-order valence-electron chi connectivity index (χ1n) is 11.9. The fourth-order valence-corrected chi connectivity index (χ4v) is 7.37. The molecule has 0 radical (unpaired) electrons. The van der Waals surface area contributed by atoms with Gasteiger partial charge >= 0.3 is 8.56 Å². The lowest BCUT2D eigenvalue weighted by Gasteiger charge is -2.37. The number of benzene rings is 2. The minimum absolute atomic E-state index is 0.281. The Morgan fingerprint density at radius 1 is 0.633 bits per heavy atom. The monoisotopic (exact) mass is 426 g/mol. The van der Waals surface area contributed by atoms with Crippen LogP contribution in [0.25, 0.3) is 0 Å². The highest BCUT2D eigenvalue weighted by molar-refractivity contribution is 6.92. The molecule has 3 heteroatoms. The second-order valence-corrected chi connectivity index (χ2v) is 12.1. The normalized spacial score (nSPS) is 12.3. The van der Waals surface area contributed by atoms with Gasteiger partial charge in [-0.25, -0.2) is 0 Å². The summed E-state index contributed by atoms with van der Waals surface area (Å²) in [5.41, 5.74) is -0.281. The molecule has 0 unspecified atom stereocenters. The third-order valence-electron chi connectivity index (χ3n) is 5.31. The van der Waals surface area contributed by atoms with Crippen LogP contribution in [0.5, 0.6) is 0 Å². The smallest absolute Gasteiger partial charge is 0.388 e. The quantitative estimate of drug-likeness (QED) is 0.250. The van der Waals surface area contributed by atoms with Gasteiger partial charge in [-0.1, -0.05) is 119 Å². The van der Waals surface area contributed by atoms with Crippen LogP contribution in [-0.2, 0) is 8.85 Å². The summed E-state index contributed by atoms with van der Waals surface area (Å²) in [6, 6.07) is 21.2. The first-order valence-corrected chi connectivity index (χ1v) is 13.7. The third-order valence-corrected chi connectivity index (χ3v) is 9.01. The lowest BCUT2D eigenvalue weighted by molar-refractivity contribution is 0.0770. The summed E-state index contributed by atoms with van der Waals surface area (Å²) in [7, 11) is -2.77. The highest BCUT2D eigenvalue weighted by Crippen LogP contribution is 2.20. The average molecular weight is 427 g/mol. The van der Waals surface area contributed by atoms with Crippen molar-refractivity contribution >= 4 is 18.9 Å². The van der Waals surface area contributed by atoms with E-state index >= 15 is 0 Å². The van der Waals surface area contributed by atoms with Crippen molar-refractivity contribution in [3.05, 3.63) is 60.7 Å². The van der Waals surface area contributed by atoms with Gasteiger partial charge in [-0.15, -0.1) is 0 Å². The molecule has 0 N–H and O–H groups in total. The van der Waals surface area contributed by atoms with E-state index in [2.05, 4.69) is 88.4 Å². The number of rotatable bonds is 14. The minimum atomic E-state index is -2.77. The predicted molar refractivity (Wildman–Crippen MR) is 132 cm³/mol. The molecule has 0 aromatic heterocycles. The van der Waals surface area contributed by atoms with Gasteiger partial charge in [0.25, 0.3) is 0 Å². The molecule has 2 rings (SSSR count). The van der Waals surface area contributed by atoms with E-state index in [-0.39, 0.29) is 5.60 Å². The first-order chi connectivity index (χ1) is 14.5. The summed E-state index contributed by atoms with van der Waals surface area (Å²) in [5.74, 6) is 0. The van der Waals surface area contributed by atoms with Crippen molar-refractivity contribution in [3.8, 4) is 0 Å². The topological polar surface area (TPSA) is 18.5 Å². The fourth-order valence-electron chi connectivity index (χ4n) is 3.86. The SMILES string of the molecule is CCCCCCCCCCCO[Si](OC(C)(C)C)(c1ccccc1)c1ccccc1. The zero-order valence-electron chi connectivity index (χ0n) is 19.7. The maximum Gasteiger partial charge on any atom is 0.407 e. The van der Waals surface area contributed by atoms with Gasteiger partial charge in [0.1, 0.15) is 0 Å². The van der Waals surface area contributed by atoms with Gasteiger partial charge in [-0.3, -0.25) is 0 Å². The lowest BCUT2D eigenvalue weighted by atomic mass is 10.1. The van der Waals surface area contributed by atoms with E-state index in [0.29, 0.717) is 0 Å². The average Bonchev–Trinajstić information content (AvgIpc) is 2.74. The zero-order valence-corrected chi connectivity index (χ0v) is 20.7. The van der Waals surface area contributed by atoms with Crippen LogP contribution in [0.4, 0.5) is 0 Å². The largest absolute Gasteiger partial charge is 0.407 e. The Labute approximate surface area is 186 Å². The van der Waals surface area contributed by atoms with Gasteiger partial charge in [0.15, 0.2) is 0 Å². The van der Waals surface area contributed by atoms with Gasteiger partial charge < -0.3 is 8.85 Å². The number of hydrogen-bond donors (Lipinski definition) is 0. The van der Waals surface area contributed by atoms with Crippen LogP contribution >= 0.6 is 0 Å². The summed E-state index contributed by atoms with van der Waals surface area (Å²) in [4.78, 5) is 0. The molecule has 0 amide bonds. The third kappa shape index (κ3) is 8.37. The standard InChI is InChI=1S/C27H42O2Si/c1-5-6-7-8-9-10-11-12-19-24-28-30(29-27(2,3)4,25-20-15-13-16-21-25)26-22-17-14-18-23-26/h13-18,20-23H,5-12,19,24H2,1-4H3. The van der Waals surface area contributed by atoms with Crippen molar-refractivity contribution in [2.24, 2.45) is 0 Å². The Balaban J connectivity index is 2.02. The summed E-state index contributed by atoms with van der Waals surface area (Å²) in [6.45, 7) is 9.41. The van der Waals surface area contributed by atoms with Crippen molar-refractivity contribution < 1.29 is 8.85 Å². The molecule has 0 bridgehead atoms. The van der Waals surface area contributed by atoms with Crippen LogP contribution in [0.1, 0.15) is 85.5 Å². The number of hydrogen-bond acceptors (Lipinski definition) is 2. The summed E-state index contributed by atoms with van der Waals surface area (Å²) < 4.78 is 13.6. The highest BCUT2D eigenvalue weighted by Gasteiger charge is 2.45. The number of unbranched alkanes of at least 4 members (excludes halogenated alkanes) is 8. The molecule has 166 valence electrons. The van der Waals surface area contributed by atoms with E-state index in [4.69, 9.17) is 8.85 Å². The Morgan fingerprint density at radius 2 is 1.07 bits per heavy atom. The Bertz CT molecular complexity index is 640. The summed E-state index contributed by atoms with van der Waals surface area (Å²) >= 11 is 0. The molecule has 0 saturated carbocycles. The molecule has 0 heterocycles. The van der Waals surface area contributed by atoms with Crippen LogP contribution in [0, 0.1) is 0 Å². The fraction of sp³-hybridized carbons (Fsp3) is 0.556. The molecule has 0 fully saturated rings. The summed E-state index contributed by atoms with van der Waals surface area (Å²) in [5, 5.41) is 2.36. The van der Waals surface area contributed by atoms with E-state index in [1.54, 1.807) is 0 Å². The van der Waals surface area contributed by atoms with Crippen LogP contribution < -0.4 is 10.4 Å². The molecule has 2 nitrogen and oxygen atoms in total. The van der Waals surface area contributed by atoms with E-state index in [1.807, 2.05) is 0 Å². The molecule has 0 saturated heterocycles. The second-order valence-electron chi connectivity index (χ2n) is 9.24. The van der Waals surface area contributed by atoms with Crippen molar-refractivity contribution in [1.29, 1.82) is 0 Å². The van der Waals surface area contributed by atoms with E-state index in [0.717, 1.165) is 13.0 Å². The molecule has 0 aliphatic rings. The lowest BCUT2D eigenvalue weighted by Crippen LogP contribution is -2.65. The minimum Gasteiger partial charge on any atom is -0.388 e. The van der Waals surface area contributed by atoms with Crippen molar-refractivity contribution in [1.82, 2.24) is 0 Å². The molecule has 2 aromatic carbocycles. The van der Waals surface area contributed by atoms with Gasteiger partial charge in [0.2, 0.25) is 0 Å². The predicted octanol–water partition coefficient (Wildman–Crippen LogP) is 6.61. The van der Waals surface area contributed by atoms with E-state index < -0.39 is 8.56 Å². The van der Waals surface area contributed by atoms with E-state index in [1.165, 1.54) is 61.7 Å². The molecule has 0 aliphatic heterocycles. The molecule has 2 aromatic rings. The molecule has 0 aliphatic carbocycles. The molecule has 30 heavy (non-hydrogen) atoms. The first kappa shape index (κ1) is 24.8.